The van der Waals surface area contributed by atoms with Gasteiger partial charge in [0.05, 0.1) is 4.90 Å². The minimum Gasteiger partial charge on any atom is -0.351 e. The molecular weight excluding hydrogens is 443 g/mol. The van der Waals surface area contributed by atoms with E-state index < -0.39 is 10.0 Å². The van der Waals surface area contributed by atoms with E-state index in [2.05, 4.69) is 10.0 Å². The Labute approximate surface area is 183 Å². The van der Waals surface area contributed by atoms with E-state index in [-0.39, 0.29) is 28.7 Å². The summed E-state index contributed by atoms with van der Waals surface area (Å²) in [6.45, 7) is 0.598. The minimum atomic E-state index is -3.72. The molecule has 2 N–H and O–H groups in total. The summed E-state index contributed by atoms with van der Waals surface area (Å²) in [6.07, 6.45) is 0. The molecule has 30 heavy (non-hydrogen) atoms. The van der Waals surface area contributed by atoms with Gasteiger partial charge in [-0.3, -0.25) is 4.79 Å². The van der Waals surface area contributed by atoms with Crippen molar-refractivity contribution in [1.82, 2.24) is 10.0 Å². The van der Waals surface area contributed by atoms with Crippen LogP contribution in [0.4, 0.5) is 4.39 Å². The van der Waals surface area contributed by atoms with Gasteiger partial charge < -0.3 is 5.32 Å². The molecule has 0 fully saturated rings. The number of rotatable bonds is 10. The lowest BCUT2D eigenvalue weighted by molar-refractivity contribution is 0.0956. The third-order valence-corrected chi connectivity index (χ3v) is 7.45. The monoisotopic (exact) mass is 464 g/mol. The fraction of sp³-hybridized carbons (Fsp3) is 0.190. The molecule has 1 aromatic heterocycles. The summed E-state index contributed by atoms with van der Waals surface area (Å²) < 4.78 is 41.1. The van der Waals surface area contributed by atoms with Crippen LogP contribution in [0.15, 0.2) is 70.9 Å². The lowest BCUT2D eigenvalue weighted by atomic mass is 10.2. The SMILES string of the molecule is O=C(NCCSCc1ccccc1F)c1cccc(S(=O)(=O)NCc2cccs2)c1. The normalized spacial score (nSPS) is 11.4. The summed E-state index contributed by atoms with van der Waals surface area (Å²) in [7, 11) is -3.72. The van der Waals surface area contributed by atoms with Crippen molar-refractivity contribution in [3.8, 4) is 0 Å². The van der Waals surface area contributed by atoms with Crippen molar-refractivity contribution in [1.29, 1.82) is 0 Å². The van der Waals surface area contributed by atoms with Gasteiger partial charge in [0, 0.05) is 35.0 Å². The van der Waals surface area contributed by atoms with E-state index in [0.717, 1.165) is 4.88 Å². The zero-order valence-electron chi connectivity index (χ0n) is 16.0. The number of thioether (sulfide) groups is 1. The molecule has 9 heteroatoms. The molecule has 1 heterocycles. The molecule has 0 aliphatic heterocycles. The van der Waals surface area contributed by atoms with Crippen molar-refractivity contribution in [3.63, 3.8) is 0 Å². The summed E-state index contributed by atoms with van der Waals surface area (Å²) in [5, 5.41) is 4.64. The largest absolute Gasteiger partial charge is 0.351 e. The smallest absolute Gasteiger partial charge is 0.251 e. The number of nitrogens with one attached hydrogen (secondary N) is 2. The molecule has 0 aliphatic carbocycles. The van der Waals surface area contributed by atoms with Gasteiger partial charge in [-0.25, -0.2) is 17.5 Å². The van der Waals surface area contributed by atoms with Crippen LogP contribution in [-0.2, 0) is 22.3 Å². The highest BCUT2D eigenvalue weighted by molar-refractivity contribution is 7.98. The second-order valence-electron chi connectivity index (χ2n) is 6.33. The Balaban J connectivity index is 1.49. The molecule has 158 valence electrons. The Morgan fingerprint density at radius 3 is 2.67 bits per heavy atom. The molecule has 3 rings (SSSR count). The number of hydrogen-bond acceptors (Lipinski definition) is 5. The van der Waals surface area contributed by atoms with Gasteiger partial charge in [-0.05, 0) is 41.3 Å². The van der Waals surface area contributed by atoms with E-state index in [9.17, 15) is 17.6 Å². The Hall–Kier alpha value is -2.20. The van der Waals surface area contributed by atoms with E-state index >= 15 is 0 Å². The summed E-state index contributed by atoms with van der Waals surface area (Å²) in [5.41, 5.74) is 0.898. The molecule has 5 nitrogen and oxygen atoms in total. The number of benzene rings is 2. The summed E-state index contributed by atoms with van der Waals surface area (Å²) in [6, 6.07) is 16.2. The maximum absolute atomic E-state index is 13.6. The number of sulfonamides is 1. The van der Waals surface area contributed by atoms with Crippen molar-refractivity contribution in [2.75, 3.05) is 12.3 Å². The Morgan fingerprint density at radius 1 is 1.07 bits per heavy atom. The number of amides is 1. The molecule has 0 spiro atoms. The molecule has 0 bridgehead atoms. The zero-order chi connectivity index (χ0) is 21.4. The fourth-order valence-corrected chi connectivity index (χ4v) is 5.24. The van der Waals surface area contributed by atoms with Crippen molar-refractivity contribution in [2.45, 2.75) is 17.2 Å². The first-order valence-corrected chi connectivity index (χ1v) is 12.7. The van der Waals surface area contributed by atoms with Gasteiger partial charge in [0.25, 0.3) is 5.91 Å². The van der Waals surface area contributed by atoms with E-state index in [4.69, 9.17) is 0 Å². The highest BCUT2D eigenvalue weighted by atomic mass is 32.2. The Bertz CT molecular complexity index is 1090. The molecular formula is C21H21FN2O3S3. The number of thiophene rings is 1. The van der Waals surface area contributed by atoms with Crippen molar-refractivity contribution >= 4 is 39.0 Å². The summed E-state index contributed by atoms with van der Waals surface area (Å²) in [5.74, 6) is 0.545. The molecule has 0 aliphatic rings. The minimum absolute atomic E-state index is 0.0423. The molecule has 0 atom stereocenters. The highest BCUT2D eigenvalue weighted by Gasteiger charge is 2.16. The van der Waals surface area contributed by atoms with Crippen LogP contribution in [-0.4, -0.2) is 26.6 Å². The second-order valence-corrected chi connectivity index (χ2v) is 10.2. The van der Waals surface area contributed by atoms with E-state index in [1.807, 2.05) is 17.5 Å². The molecule has 0 saturated carbocycles. The number of carbonyl (C=O) groups is 1. The van der Waals surface area contributed by atoms with Crippen LogP contribution in [0.25, 0.3) is 0 Å². The maximum atomic E-state index is 13.6. The van der Waals surface area contributed by atoms with E-state index in [1.165, 1.54) is 41.3 Å². The average Bonchev–Trinajstić information content (AvgIpc) is 3.27. The molecule has 2 aromatic carbocycles. The molecule has 0 radical (unpaired) electrons. The predicted octanol–water partition coefficient (Wildman–Crippen LogP) is 4.03. The summed E-state index contributed by atoms with van der Waals surface area (Å²) >= 11 is 2.98. The topological polar surface area (TPSA) is 75.3 Å². The van der Waals surface area contributed by atoms with Crippen LogP contribution in [0, 0.1) is 5.82 Å². The van der Waals surface area contributed by atoms with Crippen LogP contribution in [0.5, 0.6) is 0 Å². The van der Waals surface area contributed by atoms with Gasteiger partial charge in [0.1, 0.15) is 5.82 Å². The standard InChI is InChI=1S/C21H21FN2O3S3/c22-20-9-2-1-5-17(20)15-28-12-10-23-21(25)16-6-3-8-19(13-16)30(26,27)24-14-18-7-4-11-29-18/h1-9,11,13,24H,10,12,14-15H2,(H,23,25). The van der Waals surface area contributed by atoms with Crippen LogP contribution in [0.1, 0.15) is 20.8 Å². The second kappa shape index (κ2) is 10.7. The molecule has 0 unspecified atom stereocenters. The predicted molar refractivity (Wildman–Crippen MR) is 120 cm³/mol. The quantitative estimate of drug-likeness (QED) is 0.444. The molecule has 1 amide bonds. The van der Waals surface area contributed by atoms with Crippen LogP contribution in [0.2, 0.25) is 0 Å². The van der Waals surface area contributed by atoms with Gasteiger partial charge in [0.2, 0.25) is 10.0 Å². The first-order chi connectivity index (χ1) is 14.5. The first-order valence-electron chi connectivity index (χ1n) is 9.17. The third kappa shape index (κ3) is 6.40. The fourth-order valence-electron chi connectivity index (χ4n) is 2.60. The molecule has 3 aromatic rings. The van der Waals surface area contributed by atoms with Crippen molar-refractivity contribution in [2.24, 2.45) is 0 Å². The highest BCUT2D eigenvalue weighted by Crippen LogP contribution is 2.16. The van der Waals surface area contributed by atoms with Gasteiger partial charge in [0.15, 0.2) is 0 Å². The van der Waals surface area contributed by atoms with Crippen molar-refractivity contribution < 1.29 is 17.6 Å². The third-order valence-electron chi connectivity index (χ3n) is 4.17. The van der Waals surface area contributed by atoms with Gasteiger partial charge in [-0.2, -0.15) is 11.8 Å². The van der Waals surface area contributed by atoms with Crippen LogP contribution < -0.4 is 10.0 Å². The van der Waals surface area contributed by atoms with E-state index in [1.54, 1.807) is 30.3 Å². The van der Waals surface area contributed by atoms with Gasteiger partial charge in [-0.1, -0.05) is 30.3 Å². The van der Waals surface area contributed by atoms with Gasteiger partial charge in [-0.15, -0.1) is 11.3 Å². The Morgan fingerprint density at radius 2 is 1.90 bits per heavy atom. The van der Waals surface area contributed by atoms with Crippen LogP contribution >= 0.6 is 23.1 Å². The number of hydrogen-bond donors (Lipinski definition) is 2. The molecule has 0 saturated heterocycles. The lowest BCUT2D eigenvalue weighted by Gasteiger charge is -2.09. The van der Waals surface area contributed by atoms with Crippen LogP contribution in [0.3, 0.4) is 0 Å². The van der Waals surface area contributed by atoms with Crippen molar-refractivity contribution in [3.05, 3.63) is 87.9 Å². The first kappa shape index (κ1) is 22.5. The maximum Gasteiger partial charge on any atom is 0.251 e. The lowest BCUT2D eigenvalue weighted by Crippen LogP contribution is -2.27. The van der Waals surface area contributed by atoms with E-state index in [0.29, 0.717) is 23.6 Å². The Kier molecular flexibility index (Phi) is 8.03. The zero-order valence-corrected chi connectivity index (χ0v) is 18.5. The number of halogens is 1. The van der Waals surface area contributed by atoms with Gasteiger partial charge >= 0.3 is 0 Å². The average molecular weight is 465 g/mol. The number of carbonyl (C=O) groups excluding carboxylic acids is 1. The summed E-state index contributed by atoms with van der Waals surface area (Å²) in [4.78, 5) is 13.3.